The summed E-state index contributed by atoms with van der Waals surface area (Å²) in [6.45, 7) is 5.75. The highest BCUT2D eigenvalue weighted by Gasteiger charge is 2.30. The molecule has 2 rings (SSSR count). The molecule has 0 unspecified atom stereocenters. The number of benzene rings is 1. The molecule has 1 aromatic carbocycles. The number of nitrogens with one attached hydrogen (secondary N) is 2. The predicted octanol–water partition coefficient (Wildman–Crippen LogP) is 1.74. The van der Waals surface area contributed by atoms with E-state index >= 15 is 0 Å². The number of aromatic nitrogens is 2. The fraction of sp³-hybridized carbons (Fsp3) is 0.429. The maximum Gasteiger partial charge on any atom is 0.244 e. The van der Waals surface area contributed by atoms with Gasteiger partial charge in [0, 0.05) is 14.1 Å². The van der Waals surface area contributed by atoms with Gasteiger partial charge in [0.05, 0.1) is 16.4 Å². The van der Waals surface area contributed by atoms with Crippen molar-refractivity contribution in [1.29, 1.82) is 0 Å². The Kier molecular flexibility index (Phi) is 3.32. The molecule has 0 bridgehead atoms. The average molecular weight is 260 g/mol. The Morgan fingerprint density at radius 1 is 1.37 bits per heavy atom. The lowest BCUT2D eigenvalue weighted by atomic mass is 9.83. The van der Waals surface area contributed by atoms with Crippen LogP contribution in [-0.2, 0) is 10.2 Å². The van der Waals surface area contributed by atoms with Gasteiger partial charge in [-0.1, -0.05) is 6.07 Å². The second-order valence-corrected chi connectivity index (χ2v) is 5.51. The van der Waals surface area contributed by atoms with E-state index in [2.05, 4.69) is 15.4 Å². The van der Waals surface area contributed by atoms with Crippen molar-refractivity contribution in [3.8, 4) is 0 Å². The van der Waals surface area contributed by atoms with Crippen molar-refractivity contribution < 1.29 is 4.79 Å². The number of hydrazine groups is 1. The predicted molar refractivity (Wildman–Crippen MR) is 75.7 cm³/mol. The third-order valence-corrected chi connectivity index (χ3v) is 3.21. The van der Waals surface area contributed by atoms with E-state index < -0.39 is 5.41 Å². The smallest absolute Gasteiger partial charge is 0.244 e. The molecule has 5 nitrogen and oxygen atoms in total. The summed E-state index contributed by atoms with van der Waals surface area (Å²) in [4.78, 5) is 19.8. The largest absolute Gasteiger partial charge is 0.342 e. The molecule has 2 N–H and O–H groups in total. The van der Waals surface area contributed by atoms with Crippen LogP contribution in [0, 0.1) is 6.92 Å². The van der Waals surface area contributed by atoms with Crippen LogP contribution in [0.25, 0.3) is 11.0 Å². The van der Waals surface area contributed by atoms with Crippen LogP contribution in [0.4, 0.5) is 0 Å². The minimum atomic E-state index is -0.600. The van der Waals surface area contributed by atoms with Crippen molar-refractivity contribution in [2.45, 2.75) is 26.2 Å². The minimum absolute atomic E-state index is 0.0342. The molecule has 1 aromatic heterocycles. The van der Waals surface area contributed by atoms with Crippen molar-refractivity contribution in [3.05, 3.63) is 29.6 Å². The van der Waals surface area contributed by atoms with E-state index in [-0.39, 0.29) is 5.91 Å². The monoisotopic (exact) mass is 260 g/mol. The molecule has 5 heteroatoms. The summed E-state index contributed by atoms with van der Waals surface area (Å²) in [5.74, 6) is 0.843. The van der Waals surface area contributed by atoms with E-state index in [9.17, 15) is 4.79 Å². The standard InChI is InChI=1S/C14H20N4O/c1-9-15-11-7-6-10(8-12(11)16-9)14(2,3)13(19)17-18(4)5/h6-8H,1-5H3,(H,15,16)(H,17,19). The van der Waals surface area contributed by atoms with Crippen molar-refractivity contribution in [3.63, 3.8) is 0 Å². The van der Waals surface area contributed by atoms with Crippen LogP contribution < -0.4 is 5.43 Å². The Morgan fingerprint density at radius 2 is 2.05 bits per heavy atom. The second-order valence-electron chi connectivity index (χ2n) is 5.51. The Hall–Kier alpha value is -1.88. The quantitative estimate of drug-likeness (QED) is 0.826. The van der Waals surface area contributed by atoms with Gasteiger partial charge in [-0.3, -0.25) is 10.2 Å². The molecular formula is C14H20N4O. The maximum atomic E-state index is 12.2. The second kappa shape index (κ2) is 4.66. The fourth-order valence-electron chi connectivity index (χ4n) is 2.00. The Bertz CT molecular complexity index is 613. The van der Waals surface area contributed by atoms with Crippen LogP contribution in [-0.4, -0.2) is 35.0 Å². The summed E-state index contributed by atoms with van der Waals surface area (Å²) in [6, 6.07) is 5.89. The summed E-state index contributed by atoms with van der Waals surface area (Å²) in [5, 5.41) is 1.66. The summed E-state index contributed by atoms with van der Waals surface area (Å²) in [6.07, 6.45) is 0. The van der Waals surface area contributed by atoms with Gasteiger partial charge in [0.1, 0.15) is 5.82 Å². The number of amides is 1. The van der Waals surface area contributed by atoms with Crippen LogP contribution in [0.1, 0.15) is 25.2 Å². The molecule has 0 aliphatic carbocycles. The summed E-state index contributed by atoms with van der Waals surface area (Å²) >= 11 is 0. The van der Waals surface area contributed by atoms with Crippen LogP contribution in [0.15, 0.2) is 18.2 Å². The molecule has 0 saturated heterocycles. The zero-order valence-corrected chi connectivity index (χ0v) is 12.0. The molecule has 0 atom stereocenters. The van der Waals surface area contributed by atoms with Gasteiger partial charge in [-0.15, -0.1) is 0 Å². The van der Waals surface area contributed by atoms with E-state index in [4.69, 9.17) is 0 Å². The molecule has 0 aliphatic rings. The van der Waals surface area contributed by atoms with E-state index in [1.807, 2.05) is 39.0 Å². The molecule has 0 saturated carbocycles. The number of aryl methyl sites for hydroxylation is 1. The maximum absolute atomic E-state index is 12.2. The number of fused-ring (bicyclic) bond motifs is 1. The Balaban J connectivity index is 2.38. The molecule has 19 heavy (non-hydrogen) atoms. The van der Waals surface area contributed by atoms with Gasteiger partial charge < -0.3 is 4.98 Å². The topological polar surface area (TPSA) is 61.0 Å². The van der Waals surface area contributed by atoms with Crippen molar-refractivity contribution >= 4 is 16.9 Å². The number of aromatic amines is 1. The number of H-pyrrole nitrogens is 1. The molecule has 0 fully saturated rings. The zero-order chi connectivity index (χ0) is 14.2. The van der Waals surface area contributed by atoms with Crippen LogP contribution >= 0.6 is 0 Å². The van der Waals surface area contributed by atoms with E-state index in [1.54, 1.807) is 19.1 Å². The number of hydrogen-bond donors (Lipinski definition) is 2. The van der Waals surface area contributed by atoms with Gasteiger partial charge in [0.15, 0.2) is 0 Å². The first kappa shape index (κ1) is 13.5. The van der Waals surface area contributed by atoms with Gasteiger partial charge in [-0.05, 0) is 38.5 Å². The Labute approximate surface area is 113 Å². The highest BCUT2D eigenvalue weighted by atomic mass is 16.2. The summed E-state index contributed by atoms with van der Waals surface area (Å²) < 4.78 is 0. The lowest BCUT2D eigenvalue weighted by molar-refractivity contribution is -0.129. The normalized spacial score (nSPS) is 12.1. The molecule has 1 heterocycles. The van der Waals surface area contributed by atoms with Crippen molar-refractivity contribution in [2.75, 3.05) is 14.1 Å². The molecule has 0 spiro atoms. The number of carbonyl (C=O) groups is 1. The van der Waals surface area contributed by atoms with Gasteiger partial charge >= 0.3 is 0 Å². The number of carbonyl (C=O) groups excluding carboxylic acids is 1. The summed E-state index contributed by atoms with van der Waals surface area (Å²) in [5.41, 5.74) is 5.05. The lowest BCUT2D eigenvalue weighted by Gasteiger charge is -2.26. The number of nitrogens with zero attached hydrogens (tertiary/aromatic N) is 2. The summed E-state index contributed by atoms with van der Waals surface area (Å²) in [7, 11) is 3.60. The highest BCUT2D eigenvalue weighted by Crippen LogP contribution is 2.26. The number of rotatable bonds is 3. The molecular weight excluding hydrogens is 240 g/mol. The SMILES string of the molecule is Cc1nc2ccc(C(C)(C)C(=O)NN(C)C)cc2[nH]1. The molecule has 1 amide bonds. The highest BCUT2D eigenvalue weighted by molar-refractivity contribution is 5.88. The number of imidazole rings is 1. The van der Waals surface area contributed by atoms with Gasteiger partial charge in [-0.25, -0.2) is 9.99 Å². The molecule has 0 aliphatic heterocycles. The first-order valence-electron chi connectivity index (χ1n) is 6.26. The molecule has 2 aromatic rings. The first-order chi connectivity index (χ1) is 8.80. The third-order valence-electron chi connectivity index (χ3n) is 3.21. The first-order valence-corrected chi connectivity index (χ1v) is 6.26. The molecule has 102 valence electrons. The minimum Gasteiger partial charge on any atom is -0.342 e. The van der Waals surface area contributed by atoms with Gasteiger partial charge in [-0.2, -0.15) is 0 Å². The van der Waals surface area contributed by atoms with Crippen molar-refractivity contribution in [1.82, 2.24) is 20.4 Å². The zero-order valence-electron chi connectivity index (χ0n) is 12.0. The third kappa shape index (κ3) is 2.61. The van der Waals surface area contributed by atoms with E-state index in [0.717, 1.165) is 22.4 Å². The van der Waals surface area contributed by atoms with E-state index in [1.165, 1.54) is 0 Å². The fourth-order valence-corrected chi connectivity index (χ4v) is 2.00. The van der Waals surface area contributed by atoms with Crippen LogP contribution in [0.2, 0.25) is 0 Å². The van der Waals surface area contributed by atoms with Crippen LogP contribution in [0.5, 0.6) is 0 Å². The lowest BCUT2D eigenvalue weighted by Crippen LogP contribution is -2.46. The van der Waals surface area contributed by atoms with Gasteiger partial charge in [0.25, 0.3) is 0 Å². The van der Waals surface area contributed by atoms with Crippen LogP contribution in [0.3, 0.4) is 0 Å². The van der Waals surface area contributed by atoms with Gasteiger partial charge in [0.2, 0.25) is 5.91 Å². The average Bonchev–Trinajstić information content (AvgIpc) is 2.66. The van der Waals surface area contributed by atoms with Crippen molar-refractivity contribution in [2.24, 2.45) is 0 Å². The van der Waals surface area contributed by atoms with E-state index in [0.29, 0.717) is 0 Å². The number of hydrogen-bond acceptors (Lipinski definition) is 3. The Morgan fingerprint density at radius 3 is 2.68 bits per heavy atom. The molecule has 0 radical (unpaired) electrons.